The molecule has 0 unspecified atom stereocenters. The van der Waals surface area contributed by atoms with Crippen LogP contribution in [0.25, 0.3) is 11.1 Å². The summed E-state index contributed by atoms with van der Waals surface area (Å²) in [6, 6.07) is 26.8. The molecule has 4 rings (SSSR count). The Morgan fingerprint density at radius 2 is 1.39 bits per heavy atom. The van der Waals surface area contributed by atoms with Gasteiger partial charge in [-0.1, -0.05) is 18.2 Å². The lowest BCUT2D eigenvalue weighted by atomic mass is 9.99. The SMILES string of the molecule is Cc1cc(Nc2ccnc(Nc3ccc(C#N)cc3)n2)ccc1-c1ccc(C#N)cc1. The molecule has 0 spiro atoms. The molecule has 31 heavy (non-hydrogen) atoms. The maximum atomic E-state index is 8.97. The summed E-state index contributed by atoms with van der Waals surface area (Å²) in [6.45, 7) is 2.05. The van der Waals surface area contributed by atoms with Gasteiger partial charge in [0.2, 0.25) is 5.95 Å². The van der Waals surface area contributed by atoms with Gasteiger partial charge >= 0.3 is 0 Å². The number of nitrogens with one attached hydrogen (secondary N) is 2. The molecule has 0 saturated heterocycles. The summed E-state index contributed by atoms with van der Waals surface area (Å²) in [4.78, 5) is 8.76. The summed E-state index contributed by atoms with van der Waals surface area (Å²) < 4.78 is 0. The van der Waals surface area contributed by atoms with E-state index in [1.165, 1.54) is 0 Å². The number of rotatable bonds is 5. The van der Waals surface area contributed by atoms with Gasteiger partial charge in [0.15, 0.2) is 0 Å². The van der Waals surface area contributed by atoms with Crippen molar-refractivity contribution in [2.75, 3.05) is 10.6 Å². The normalized spacial score (nSPS) is 10.0. The van der Waals surface area contributed by atoms with E-state index in [-0.39, 0.29) is 0 Å². The summed E-state index contributed by atoms with van der Waals surface area (Å²) >= 11 is 0. The van der Waals surface area contributed by atoms with Gasteiger partial charge in [0.1, 0.15) is 5.82 Å². The molecule has 4 aromatic rings. The molecule has 1 aromatic heterocycles. The average Bonchev–Trinajstić information content (AvgIpc) is 2.80. The average molecular weight is 402 g/mol. The quantitative estimate of drug-likeness (QED) is 0.445. The third kappa shape index (κ3) is 4.67. The highest BCUT2D eigenvalue weighted by Gasteiger charge is 2.06. The molecule has 0 aliphatic carbocycles. The minimum Gasteiger partial charge on any atom is -0.340 e. The van der Waals surface area contributed by atoms with Crippen LogP contribution in [0.4, 0.5) is 23.1 Å². The van der Waals surface area contributed by atoms with E-state index in [0.717, 1.165) is 28.1 Å². The van der Waals surface area contributed by atoms with E-state index in [1.54, 1.807) is 24.4 Å². The molecule has 0 atom stereocenters. The van der Waals surface area contributed by atoms with Crippen LogP contribution in [0.2, 0.25) is 0 Å². The Labute approximate surface area is 180 Å². The minimum absolute atomic E-state index is 0.459. The molecule has 148 valence electrons. The number of hydrogen-bond donors (Lipinski definition) is 2. The van der Waals surface area contributed by atoms with Gasteiger partial charge in [0, 0.05) is 17.6 Å². The monoisotopic (exact) mass is 402 g/mol. The van der Waals surface area contributed by atoms with Crippen molar-refractivity contribution in [3.05, 3.63) is 95.7 Å². The molecular weight excluding hydrogens is 384 g/mol. The van der Waals surface area contributed by atoms with Gasteiger partial charge in [0.05, 0.1) is 23.3 Å². The number of nitrogens with zero attached hydrogens (tertiary/aromatic N) is 4. The van der Waals surface area contributed by atoms with Crippen molar-refractivity contribution >= 4 is 23.1 Å². The van der Waals surface area contributed by atoms with Gasteiger partial charge in [-0.2, -0.15) is 15.5 Å². The number of aryl methyl sites for hydroxylation is 1. The second kappa shape index (κ2) is 8.77. The van der Waals surface area contributed by atoms with Crippen LogP contribution in [-0.2, 0) is 0 Å². The molecule has 1 heterocycles. The fraction of sp³-hybridized carbons (Fsp3) is 0.0400. The Balaban J connectivity index is 1.50. The maximum Gasteiger partial charge on any atom is 0.229 e. The summed E-state index contributed by atoms with van der Waals surface area (Å²) in [5, 5.41) is 24.3. The van der Waals surface area contributed by atoms with Crippen LogP contribution in [0.15, 0.2) is 79.0 Å². The van der Waals surface area contributed by atoms with Crippen LogP contribution in [-0.4, -0.2) is 9.97 Å². The lowest BCUT2D eigenvalue weighted by molar-refractivity contribution is 1.16. The topological polar surface area (TPSA) is 97.4 Å². The Morgan fingerprint density at radius 3 is 2.03 bits per heavy atom. The summed E-state index contributed by atoms with van der Waals surface area (Å²) in [6.07, 6.45) is 1.68. The predicted octanol–water partition coefficient (Wildman–Crippen LogP) is 5.68. The molecule has 0 saturated carbocycles. The van der Waals surface area contributed by atoms with E-state index >= 15 is 0 Å². The molecule has 3 aromatic carbocycles. The minimum atomic E-state index is 0.459. The van der Waals surface area contributed by atoms with E-state index in [9.17, 15) is 0 Å². The molecule has 2 N–H and O–H groups in total. The number of aromatic nitrogens is 2. The summed E-state index contributed by atoms with van der Waals surface area (Å²) in [5.74, 6) is 1.12. The molecule has 0 aliphatic heterocycles. The predicted molar refractivity (Wildman–Crippen MR) is 121 cm³/mol. The highest BCUT2D eigenvalue weighted by atomic mass is 15.1. The van der Waals surface area contributed by atoms with E-state index < -0.39 is 0 Å². The first-order chi connectivity index (χ1) is 15.1. The van der Waals surface area contributed by atoms with Crippen molar-refractivity contribution in [3.63, 3.8) is 0 Å². The van der Waals surface area contributed by atoms with Crippen LogP contribution in [0.3, 0.4) is 0 Å². The number of anilines is 4. The van der Waals surface area contributed by atoms with Crippen molar-refractivity contribution < 1.29 is 0 Å². The second-order valence-electron chi connectivity index (χ2n) is 6.92. The Hall–Kier alpha value is -4.68. The molecule has 0 amide bonds. The van der Waals surface area contributed by atoms with Gasteiger partial charge < -0.3 is 10.6 Å². The van der Waals surface area contributed by atoms with Crippen molar-refractivity contribution in [2.24, 2.45) is 0 Å². The number of benzene rings is 3. The number of nitriles is 2. The fourth-order valence-corrected chi connectivity index (χ4v) is 3.18. The summed E-state index contributed by atoms with van der Waals surface area (Å²) in [5.41, 5.74) is 6.26. The van der Waals surface area contributed by atoms with Crippen molar-refractivity contribution in [2.45, 2.75) is 6.92 Å². The van der Waals surface area contributed by atoms with Gasteiger partial charge in [-0.3, -0.25) is 0 Å². The smallest absolute Gasteiger partial charge is 0.229 e. The zero-order valence-electron chi connectivity index (χ0n) is 16.8. The molecule has 0 fully saturated rings. The van der Waals surface area contributed by atoms with E-state index in [4.69, 9.17) is 10.5 Å². The molecule has 0 bridgehead atoms. The van der Waals surface area contributed by atoms with Crippen LogP contribution in [0, 0.1) is 29.6 Å². The molecule has 0 radical (unpaired) electrons. The van der Waals surface area contributed by atoms with Crippen molar-refractivity contribution in [1.82, 2.24) is 9.97 Å². The van der Waals surface area contributed by atoms with Gasteiger partial charge in [-0.15, -0.1) is 0 Å². The van der Waals surface area contributed by atoms with Gasteiger partial charge in [-0.25, -0.2) is 4.98 Å². The van der Waals surface area contributed by atoms with Crippen LogP contribution in [0.5, 0.6) is 0 Å². The summed E-state index contributed by atoms with van der Waals surface area (Å²) in [7, 11) is 0. The van der Waals surface area contributed by atoms with Gasteiger partial charge in [0.25, 0.3) is 0 Å². The zero-order valence-corrected chi connectivity index (χ0v) is 16.8. The van der Waals surface area contributed by atoms with Crippen molar-refractivity contribution in [3.8, 4) is 23.3 Å². The molecular formula is C25H18N6. The largest absolute Gasteiger partial charge is 0.340 e. The maximum absolute atomic E-state index is 8.97. The molecule has 6 heteroatoms. The lowest BCUT2D eigenvalue weighted by Crippen LogP contribution is -2.00. The Morgan fingerprint density at radius 1 is 0.742 bits per heavy atom. The first kappa shape index (κ1) is 19.6. The fourth-order valence-electron chi connectivity index (χ4n) is 3.18. The molecule has 0 aliphatic rings. The Bertz CT molecular complexity index is 1300. The first-order valence-electron chi connectivity index (χ1n) is 9.63. The third-order valence-electron chi connectivity index (χ3n) is 4.75. The Kier molecular flexibility index (Phi) is 5.55. The van der Waals surface area contributed by atoms with Crippen LogP contribution < -0.4 is 10.6 Å². The second-order valence-corrected chi connectivity index (χ2v) is 6.92. The third-order valence-corrected chi connectivity index (χ3v) is 4.75. The lowest BCUT2D eigenvalue weighted by Gasteiger charge is -2.11. The first-order valence-corrected chi connectivity index (χ1v) is 9.63. The number of hydrogen-bond acceptors (Lipinski definition) is 6. The van der Waals surface area contributed by atoms with Crippen LogP contribution >= 0.6 is 0 Å². The highest BCUT2D eigenvalue weighted by Crippen LogP contribution is 2.27. The van der Waals surface area contributed by atoms with Gasteiger partial charge in [-0.05, 0) is 78.2 Å². The molecule has 6 nitrogen and oxygen atoms in total. The zero-order chi connectivity index (χ0) is 21.6. The van der Waals surface area contributed by atoms with E-state index in [0.29, 0.717) is 22.9 Å². The van der Waals surface area contributed by atoms with Crippen molar-refractivity contribution in [1.29, 1.82) is 10.5 Å². The van der Waals surface area contributed by atoms with E-state index in [1.807, 2.05) is 42.5 Å². The van der Waals surface area contributed by atoms with Crippen LogP contribution in [0.1, 0.15) is 16.7 Å². The standard InChI is InChI=1S/C25H18N6/c1-17-14-22(10-11-23(17)20-6-2-18(15-26)3-7-20)29-24-12-13-28-25(31-24)30-21-8-4-19(16-27)5-9-21/h2-14H,1H3,(H2,28,29,30,31). The van der Waals surface area contributed by atoms with E-state index in [2.05, 4.69) is 51.8 Å². The highest BCUT2D eigenvalue weighted by molar-refractivity contribution is 5.72.